The molecule has 0 saturated carbocycles. The van der Waals surface area contributed by atoms with E-state index in [0.717, 1.165) is 0 Å². The summed E-state index contributed by atoms with van der Waals surface area (Å²) in [5.41, 5.74) is 10.5. The maximum atomic E-state index is 2.38. The zero-order valence-corrected chi connectivity index (χ0v) is 25.0. The zero-order chi connectivity index (χ0) is 29.9. The van der Waals surface area contributed by atoms with Crippen molar-refractivity contribution >= 4 is 64.6 Å². The van der Waals surface area contributed by atoms with Crippen LogP contribution < -0.4 is 0 Å². The van der Waals surface area contributed by atoms with Crippen molar-refractivity contribution in [3.63, 3.8) is 0 Å². The molecule has 0 bridgehead atoms. The fourth-order valence-electron chi connectivity index (χ4n) is 8.60. The second-order valence-corrected chi connectivity index (χ2v) is 12.8. The van der Waals surface area contributed by atoms with E-state index in [1.807, 2.05) is 0 Å². The van der Waals surface area contributed by atoms with Crippen LogP contribution in [0.3, 0.4) is 0 Å². The van der Waals surface area contributed by atoms with E-state index in [4.69, 9.17) is 0 Å². The normalized spacial score (nSPS) is 12.3. The van der Waals surface area contributed by atoms with Gasteiger partial charge in [-0.15, -0.1) is 0 Å². The summed E-state index contributed by atoms with van der Waals surface area (Å²) in [6.45, 7) is 0. The van der Waals surface area contributed by atoms with Gasteiger partial charge >= 0.3 is 0 Å². The number of hydrogen-bond donors (Lipinski definition) is 0. The summed E-state index contributed by atoms with van der Waals surface area (Å²) in [7, 11) is 0. The molecule has 46 heavy (non-hydrogen) atoms. The first-order valence-electron chi connectivity index (χ1n) is 16.1. The molecule has 0 nitrogen and oxygen atoms in total. The third kappa shape index (κ3) is 3.08. The molecule has 0 N–H and O–H groups in total. The van der Waals surface area contributed by atoms with E-state index in [2.05, 4.69) is 158 Å². The summed E-state index contributed by atoms with van der Waals surface area (Å²) < 4.78 is 0. The molecule has 0 saturated heterocycles. The van der Waals surface area contributed by atoms with E-state index in [0.29, 0.717) is 0 Å². The monoisotopic (exact) mass is 578 g/mol. The number of fused-ring (bicyclic) bond motifs is 6. The highest BCUT2D eigenvalue weighted by Crippen LogP contribution is 2.51. The van der Waals surface area contributed by atoms with Crippen LogP contribution >= 0.6 is 0 Å². The van der Waals surface area contributed by atoms with E-state index >= 15 is 0 Å². The van der Waals surface area contributed by atoms with Gasteiger partial charge in [0.15, 0.2) is 0 Å². The van der Waals surface area contributed by atoms with E-state index < -0.39 is 0 Å². The number of benzene rings is 10. The SMILES string of the molecule is c1ccc2c(c1)-c1cccc3c(-c4ccc(-c5ccc6ccc7cccc8ccc5c6c78)c5ccc6ccccc6c45)ccc-2c13. The lowest BCUT2D eigenvalue weighted by atomic mass is 9.84. The van der Waals surface area contributed by atoms with Gasteiger partial charge in [-0.2, -0.15) is 0 Å². The Balaban J connectivity index is 1.25. The van der Waals surface area contributed by atoms with Gasteiger partial charge in [0, 0.05) is 0 Å². The van der Waals surface area contributed by atoms with Crippen molar-refractivity contribution in [2.45, 2.75) is 0 Å². The van der Waals surface area contributed by atoms with Crippen LogP contribution in [0.1, 0.15) is 0 Å². The molecule has 10 aromatic rings. The molecule has 11 rings (SSSR count). The van der Waals surface area contributed by atoms with Crippen molar-refractivity contribution in [1.29, 1.82) is 0 Å². The summed E-state index contributed by atoms with van der Waals surface area (Å²) in [5, 5.41) is 15.8. The van der Waals surface area contributed by atoms with E-state index in [1.54, 1.807) is 0 Å². The number of hydrogen-bond acceptors (Lipinski definition) is 0. The molecule has 1 aliphatic rings. The third-order valence-electron chi connectivity index (χ3n) is 10.6. The molecular formula is C46H26. The van der Waals surface area contributed by atoms with Gasteiger partial charge in [0.1, 0.15) is 0 Å². The van der Waals surface area contributed by atoms with Crippen molar-refractivity contribution in [2.75, 3.05) is 0 Å². The average Bonchev–Trinajstić information content (AvgIpc) is 3.45. The van der Waals surface area contributed by atoms with Crippen molar-refractivity contribution in [1.82, 2.24) is 0 Å². The summed E-state index contributed by atoms with van der Waals surface area (Å²) in [4.78, 5) is 0. The van der Waals surface area contributed by atoms with Crippen molar-refractivity contribution in [2.24, 2.45) is 0 Å². The minimum absolute atomic E-state index is 1.27. The quantitative estimate of drug-likeness (QED) is 0.179. The fourth-order valence-corrected chi connectivity index (χ4v) is 8.60. The highest BCUT2D eigenvalue weighted by molar-refractivity contribution is 6.28. The highest BCUT2D eigenvalue weighted by atomic mass is 14.3. The smallest absolute Gasteiger partial charge is 0.00201 e. The molecular weight excluding hydrogens is 553 g/mol. The Kier molecular flexibility index (Phi) is 4.66. The molecule has 1 aliphatic carbocycles. The van der Waals surface area contributed by atoms with Gasteiger partial charge in [-0.05, 0) is 109 Å². The average molecular weight is 579 g/mol. The van der Waals surface area contributed by atoms with E-state index in [1.165, 1.54) is 109 Å². The molecule has 0 fully saturated rings. The summed E-state index contributed by atoms with van der Waals surface area (Å²) >= 11 is 0. The third-order valence-corrected chi connectivity index (χ3v) is 10.6. The van der Waals surface area contributed by atoms with Gasteiger partial charge in [0.25, 0.3) is 0 Å². The molecule has 10 aromatic carbocycles. The molecule has 0 spiro atoms. The first-order valence-corrected chi connectivity index (χ1v) is 16.1. The molecule has 0 amide bonds. The van der Waals surface area contributed by atoms with Crippen LogP contribution in [0, 0.1) is 0 Å². The fraction of sp³-hybridized carbons (Fsp3) is 0. The molecule has 0 aromatic heterocycles. The highest BCUT2D eigenvalue weighted by Gasteiger charge is 2.23. The van der Waals surface area contributed by atoms with Crippen LogP contribution in [0.4, 0.5) is 0 Å². The lowest BCUT2D eigenvalue weighted by molar-refractivity contribution is 1.68. The topological polar surface area (TPSA) is 0 Å². The van der Waals surface area contributed by atoms with Crippen LogP contribution in [0.15, 0.2) is 158 Å². The van der Waals surface area contributed by atoms with Crippen molar-refractivity contribution in [3.05, 3.63) is 158 Å². The lowest BCUT2D eigenvalue weighted by Gasteiger charge is -2.19. The standard InChI is InChI=1S/C46H26/c1-2-10-31-27(7-1)17-21-40-35(34-20-18-30-16-15-28-8-5-9-29-19-22-39(34)44(30)43(28)29)23-25-42(45(31)40)36-24-26-41-33-12-4-3-11-32(33)37-13-6-14-38(36)46(37)41/h1-26H. The van der Waals surface area contributed by atoms with Crippen LogP contribution in [0.5, 0.6) is 0 Å². The maximum Gasteiger partial charge on any atom is -0.00201 e. The van der Waals surface area contributed by atoms with Gasteiger partial charge in [0.2, 0.25) is 0 Å². The first-order chi connectivity index (χ1) is 22.8. The Morgan fingerprint density at radius 1 is 0.174 bits per heavy atom. The second kappa shape index (κ2) is 8.81. The maximum absolute atomic E-state index is 2.38. The Bertz CT molecular complexity index is 2860. The number of rotatable bonds is 2. The van der Waals surface area contributed by atoms with Gasteiger partial charge < -0.3 is 0 Å². The van der Waals surface area contributed by atoms with Gasteiger partial charge in [-0.3, -0.25) is 0 Å². The predicted molar refractivity (Wildman–Crippen MR) is 198 cm³/mol. The zero-order valence-electron chi connectivity index (χ0n) is 25.0. The molecule has 0 heterocycles. The molecule has 0 heteroatoms. The molecule has 0 radical (unpaired) electrons. The summed E-state index contributed by atoms with van der Waals surface area (Å²) in [6.07, 6.45) is 0. The van der Waals surface area contributed by atoms with Gasteiger partial charge in [-0.25, -0.2) is 0 Å². The minimum Gasteiger partial charge on any atom is -0.0616 e. The van der Waals surface area contributed by atoms with Gasteiger partial charge in [-0.1, -0.05) is 158 Å². The van der Waals surface area contributed by atoms with Crippen LogP contribution in [0.2, 0.25) is 0 Å². The van der Waals surface area contributed by atoms with E-state index in [-0.39, 0.29) is 0 Å². The Morgan fingerprint density at radius 3 is 1.37 bits per heavy atom. The molecule has 0 aliphatic heterocycles. The van der Waals surface area contributed by atoms with Crippen LogP contribution in [-0.4, -0.2) is 0 Å². The van der Waals surface area contributed by atoms with Crippen molar-refractivity contribution < 1.29 is 0 Å². The molecule has 0 unspecified atom stereocenters. The van der Waals surface area contributed by atoms with Crippen LogP contribution in [0.25, 0.3) is 109 Å². The van der Waals surface area contributed by atoms with Crippen LogP contribution in [-0.2, 0) is 0 Å². The second-order valence-electron chi connectivity index (χ2n) is 12.8. The molecule has 210 valence electrons. The Labute approximate surface area is 266 Å². The molecule has 0 atom stereocenters. The summed E-state index contributed by atoms with van der Waals surface area (Å²) in [5.74, 6) is 0. The van der Waals surface area contributed by atoms with E-state index in [9.17, 15) is 0 Å². The van der Waals surface area contributed by atoms with Gasteiger partial charge in [0.05, 0.1) is 0 Å². The largest absolute Gasteiger partial charge is 0.0616 e. The minimum atomic E-state index is 1.27. The Morgan fingerprint density at radius 2 is 0.587 bits per heavy atom. The lowest BCUT2D eigenvalue weighted by Crippen LogP contribution is -1.91. The summed E-state index contributed by atoms with van der Waals surface area (Å²) in [6, 6.07) is 59.1. The first kappa shape index (κ1) is 24.4. The predicted octanol–water partition coefficient (Wildman–Crippen LogP) is 13.0. The Hall–Kier alpha value is -5.98. The van der Waals surface area contributed by atoms with Crippen molar-refractivity contribution in [3.8, 4) is 44.5 Å².